The van der Waals surface area contributed by atoms with Crippen LogP contribution in [0.4, 0.5) is 0 Å². The van der Waals surface area contributed by atoms with Gasteiger partial charge in [-0.2, -0.15) is 0 Å². The highest BCUT2D eigenvalue weighted by atomic mass is 16.5. The molecule has 0 aliphatic rings. The molecule has 0 amide bonds. The maximum atomic E-state index is 11.2. The maximum Gasteiger partial charge on any atom is 0.333 e. The second-order valence-corrected chi connectivity index (χ2v) is 6.23. The molecule has 22 heavy (non-hydrogen) atoms. The van der Waals surface area contributed by atoms with Gasteiger partial charge in [0.05, 0.1) is 6.61 Å². The Morgan fingerprint density at radius 3 is 1.86 bits per heavy atom. The molecule has 0 radical (unpaired) electrons. The Bertz CT molecular complexity index is 283. The number of ether oxygens (including phenoxy) is 1. The summed E-state index contributed by atoms with van der Waals surface area (Å²) < 4.78 is 5.08. The first kappa shape index (κ1) is 21.2. The van der Waals surface area contributed by atoms with E-state index >= 15 is 0 Å². The molecule has 0 aliphatic carbocycles. The number of hydrogen-bond acceptors (Lipinski definition) is 3. The van der Waals surface area contributed by atoms with Gasteiger partial charge in [0, 0.05) is 5.57 Å². The Morgan fingerprint density at radius 1 is 0.864 bits per heavy atom. The van der Waals surface area contributed by atoms with Gasteiger partial charge >= 0.3 is 5.97 Å². The van der Waals surface area contributed by atoms with E-state index in [9.17, 15) is 4.79 Å². The van der Waals surface area contributed by atoms with Crippen LogP contribution in [0.25, 0.3) is 0 Å². The molecule has 0 unspecified atom stereocenters. The smallest absolute Gasteiger partial charge is 0.333 e. The van der Waals surface area contributed by atoms with Crippen molar-refractivity contribution in [1.29, 1.82) is 0 Å². The fraction of sp³-hybridized carbons (Fsp3) is 0.842. The van der Waals surface area contributed by atoms with E-state index < -0.39 is 0 Å². The topological polar surface area (TPSA) is 29.5 Å². The summed E-state index contributed by atoms with van der Waals surface area (Å²) in [6, 6.07) is 0. The zero-order chi connectivity index (χ0) is 16.6. The first-order valence-corrected chi connectivity index (χ1v) is 9.16. The lowest BCUT2D eigenvalue weighted by atomic mass is 10.1. The molecule has 0 fully saturated rings. The monoisotopic (exact) mass is 311 g/mol. The normalized spacial score (nSPS) is 10.9. The highest BCUT2D eigenvalue weighted by Gasteiger charge is 2.03. The molecule has 0 aromatic rings. The highest BCUT2D eigenvalue weighted by Crippen LogP contribution is 2.09. The van der Waals surface area contributed by atoms with Crippen LogP contribution >= 0.6 is 0 Å². The molecule has 0 N–H and O–H groups in total. The van der Waals surface area contributed by atoms with E-state index in [1.807, 2.05) is 0 Å². The first-order valence-electron chi connectivity index (χ1n) is 9.16. The van der Waals surface area contributed by atoms with Gasteiger partial charge < -0.3 is 9.64 Å². The predicted octanol–water partition coefficient (Wildman–Crippen LogP) is 4.96. The van der Waals surface area contributed by atoms with Crippen molar-refractivity contribution in [2.75, 3.05) is 26.2 Å². The Balaban J connectivity index is 3.32. The van der Waals surface area contributed by atoms with Gasteiger partial charge in [0.2, 0.25) is 0 Å². The first-order chi connectivity index (χ1) is 10.6. The molecule has 0 rings (SSSR count). The zero-order valence-electron chi connectivity index (χ0n) is 15.2. The van der Waals surface area contributed by atoms with Crippen LogP contribution < -0.4 is 0 Å². The number of nitrogens with zero attached hydrogens (tertiary/aromatic N) is 1. The Labute approximate surface area is 138 Å². The van der Waals surface area contributed by atoms with E-state index in [-0.39, 0.29) is 5.97 Å². The summed E-state index contributed by atoms with van der Waals surface area (Å²) in [5.74, 6) is -0.260. The molecule has 0 heterocycles. The molecule has 0 atom stereocenters. The van der Waals surface area contributed by atoms with Crippen LogP contribution in [-0.4, -0.2) is 37.1 Å². The number of carbonyl (C=O) groups excluding carboxylic acids is 1. The molecule has 0 aromatic carbocycles. The van der Waals surface area contributed by atoms with Gasteiger partial charge in [-0.3, -0.25) is 0 Å². The molecule has 3 heteroatoms. The second kappa shape index (κ2) is 15.1. The van der Waals surface area contributed by atoms with Gasteiger partial charge in [0.25, 0.3) is 0 Å². The molecular weight excluding hydrogens is 274 g/mol. The molecule has 3 nitrogen and oxygen atoms in total. The number of esters is 1. The second-order valence-electron chi connectivity index (χ2n) is 6.23. The lowest BCUT2D eigenvalue weighted by molar-refractivity contribution is -0.139. The van der Waals surface area contributed by atoms with Crippen LogP contribution in [0.1, 0.15) is 78.6 Å². The third-order valence-corrected chi connectivity index (χ3v) is 3.78. The van der Waals surface area contributed by atoms with Crippen molar-refractivity contribution in [1.82, 2.24) is 4.90 Å². The van der Waals surface area contributed by atoms with Crippen molar-refractivity contribution >= 4 is 5.97 Å². The molecule has 0 saturated carbocycles. The largest absolute Gasteiger partial charge is 0.462 e. The third-order valence-electron chi connectivity index (χ3n) is 3.78. The van der Waals surface area contributed by atoms with Gasteiger partial charge in [-0.25, -0.2) is 4.79 Å². The quantitative estimate of drug-likeness (QED) is 0.243. The minimum atomic E-state index is -0.260. The van der Waals surface area contributed by atoms with Gasteiger partial charge in [0.1, 0.15) is 0 Å². The Morgan fingerprint density at radius 2 is 1.36 bits per heavy atom. The lowest BCUT2D eigenvalue weighted by Crippen LogP contribution is -2.26. The average Bonchev–Trinajstić information content (AvgIpc) is 2.49. The Hall–Kier alpha value is -0.830. The van der Waals surface area contributed by atoms with E-state index in [1.54, 1.807) is 6.92 Å². The number of carbonyl (C=O) groups is 1. The summed E-state index contributed by atoms with van der Waals surface area (Å²) in [5, 5.41) is 0. The van der Waals surface area contributed by atoms with Gasteiger partial charge in [0.15, 0.2) is 0 Å². The molecule has 0 aromatic heterocycles. The Kier molecular flexibility index (Phi) is 14.5. The molecule has 130 valence electrons. The number of rotatable bonds is 15. The van der Waals surface area contributed by atoms with Crippen LogP contribution in [0.5, 0.6) is 0 Å². The highest BCUT2D eigenvalue weighted by molar-refractivity contribution is 5.86. The van der Waals surface area contributed by atoms with Gasteiger partial charge in [-0.05, 0) is 52.2 Å². The predicted molar refractivity (Wildman–Crippen MR) is 95.1 cm³/mol. The van der Waals surface area contributed by atoms with Crippen molar-refractivity contribution < 1.29 is 9.53 Å². The molecule has 0 bridgehead atoms. The van der Waals surface area contributed by atoms with Gasteiger partial charge in [-0.1, -0.05) is 52.5 Å². The van der Waals surface area contributed by atoms with Crippen molar-refractivity contribution in [2.24, 2.45) is 0 Å². The van der Waals surface area contributed by atoms with E-state index in [0.29, 0.717) is 12.2 Å². The fourth-order valence-electron chi connectivity index (χ4n) is 2.58. The summed E-state index contributed by atoms with van der Waals surface area (Å²) in [6.45, 7) is 14.1. The van der Waals surface area contributed by atoms with Crippen LogP contribution in [0.3, 0.4) is 0 Å². The molecule has 0 aliphatic heterocycles. The number of hydrogen-bond donors (Lipinski definition) is 0. The summed E-state index contributed by atoms with van der Waals surface area (Å²) in [6.07, 6.45) is 11.2. The van der Waals surface area contributed by atoms with Crippen molar-refractivity contribution in [2.45, 2.75) is 78.6 Å². The van der Waals surface area contributed by atoms with E-state index in [0.717, 1.165) is 12.8 Å². The summed E-state index contributed by atoms with van der Waals surface area (Å²) >= 11 is 0. The van der Waals surface area contributed by atoms with Crippen LogP contribution in [0.2, 0.25) is 0 Å². The summed E-state index contributed by atoms with van der Waals surface area (Å²) in [4.78, 5) is 13.8. The molecule has 0 spiro atoms. The van der Waals surface area contributed by atoms with E-state index in [4.69, 9.17) is 4.74 Å². The van der Waals surface area contributed by atoms with E-state index in [2.05, 4.69) is 25.3 Å². The van der Waals surface area contributed by atoms with Crippen molar-refractivity contribution in [3.05, 3.63) is 12.2 Å². The van der Waals surface area contributed by atoms with Crippen LogP contribution in [0.15, 0.2) is 12.2 Å². The van der Waals surface area contributed by atoms with Crippen molar-refractivity contribution in [3.63, 3.8) is 0 Å². The van der Waals surface area contributed by atoms with E-state index in [1.165, 1.54) is 64.6 Å². The minimum Gasteiger partial charge on any atom is -0.462 e. The zero-order valence-corrected chi connectivity index (χ0v) is 15.2. The number of unbranched alkanes of at least 4 members (excludes halogenated alkanes) is 6. The summed E-state index contributed by atoms with van der Waals surface area (Å²) in [5.41, 5.74) is 0.486. The van der Waals surface area contributed by atoms with Crippen LogP contribution in [-0.2, 0) is 9.53 Å². The standard InChI is InChI=1S/C19H37NO2/c1-5-14-20(15-6-2)16-12-10-8-7-9-11-13-17-22-19(21)18(3)4/h3,5-17H2,1-2,4H3. The third kappa shape index (κ3) is 12.9. The maximum absolute atomic E-state index is 11.2. The van der Waals surface area contributed by atoms with Crippen molar-refractivity contribution in [3.8, 4) is 0 Å². The molecule has 0 saturated heterocycles. The van der Waals surface area contributed by atoms with Crippen LogP contribution in [0, 0.1) is 0 Å². The summed E-state index contributed by atoms with van der Waals surface area (Å²) in [7, 11) is 0. The minimum absolute atomic E-state index is 0.260. The lowest BCUT2D eigenvalue weighted by Gasteiger charge is -2.20. The SMILES string of the molecule is C=C(C)C(=O)OCCCCCCCCCN(CCC)CCC. The fourth-order valence-corrected chi connectivity index (χ4v) is 2.58. The van der Waals surface area contributed by atoms with Gasteiger partial charge in [-0.15, -0.1) is 0 Å². The average molecular weight is 312 g/mol. The molecular formula is C19H37NO2.